The van der Waals surface area contributed by atoms with Crippen LogP contribution < -0.4 is 10.6 Å². The molecule has 0 unspecified atom stereocenters. The van der Waals surface area contributed by atoms with Crippen LogP contribution >= 0.6 is 0 Å². The van der Waals surface area contributed by atoms with Crippen LogP contribution in [0.3, 0.4) is 0 Å². The minimum atomic E-state index is -0.435. The number of hydrogen-bond donors (Lipinski definition) is 2. The van der Waals surface area contributed by atoms with Crippen LogP contribution in [-0.4, -0.2) is 24.6 Å². The van der Waals surface area contributed by atoms with E-state index in [0.29, 0.717) is 11.1 Å². The highest BCUT2D eigenvalue weighted by atomic mass is 19.1. The number of nitrogens with one attached hydrogen (secondary N) is 2. The van der Waals surface area contributed by atoms with E-state index in [9.17, 15) is 18.8 Å². The molecule has 0 saturated heterocycles. The average Bonchev–Trinajstić information content (AvgIpc) is 2.77. The molecule has 3 rings (SSSR count). The zero-order valence-corrected chi connectivity index (χ0v) is 15.7. The monoisotopic (exact) mass is 390 g/mol. The molecule has 0 fully saturated rings. The SMILES string of the molecule is CNC(=O)c1ccc(CNC(=O)c2ccccc2C(=O)c2ccc(F)cc2)cc1. The Labute approximate surface area is 167 Å². The summed E-state index contributed by atoms with van der Waals surface area (Å²) in [4.78, 5) is 37.0. The second kappa shape index (κ2) is 8.93. The molecule has 0 radical (unpaired) electrons. The Bertz CT molecular complexity index is 1040. The number of ketones is 1. The third-order valence-electron chi connectivity index (χ3n) is 4.42. The number of halogens is 1. The normalized spacial score (nSPS) is 10.3. The lowest BCUT2D eigenvalue weighted by molar-refractivity contribution is 0.0938. The third kappa shape index (κ3) is 4.73. The lowest BCUT2D eigenvalue weighted by atomic mass is 9.98. The predicted octanol–water partition coefficient (Wildman–Crippen LogP) is 3.35. The molecule has 3 aromatic carbocycles. The number of hydrogen-bond acceptors (Lipinski definition) is 3. The maximum absolute atomic E-state index is 13.1. The molecule has 6 heteroatoms. The van der Waals surface area contributed by atoms with Crippen molar-refractivity contribution in [3.8, 4) is 0 Å². The predicted molar refractivity (Wildman–Crippen MR) is 107 cm³/mol. The van der Waals surface area contributed by atoms with Crippen molar-refractivity contribution in [1.82, 2.24) is 10.6 Å². The molecule has 0 aromatic heterocycles. The van der Waals surface area contributed by atoms with Crippen molar-refractivity contribution in [2.24, 2.45) is 0 Å². The van der Waals surface area contributed by atoms with Crippen molar-refractivity contribution in [2.45, 2.75) is 6.54 Å². The van der Waals surface area contributed by atoms with Crippen molar-refractivity contribution < 1.29 is 18.8 Å². The molecule has 0 atom stereocenters. The van der Waals surface area contributed by atoms with Gasteiger partial charge in [-0.1, -0.05) is 30.3 Å². The van der Waals surface area contributed by atoms with Gasteiger partial charge in [-0.2, -0.15) is 0 Å². The van der Waals surface area contributed by atoms with E-state index >= 15 is 0 Å². The van der Waals surface area contributed by atoms with Crippen LogP contribution in [0.2, 0.25) is 0 Å². The van der Waals surface area contributed by atoms with Gasteiger partial charge in [0.15, 0.2) is 5.78 Å². The van der Waals surface area contributed by atoms with E-state index in [1.165, 1.54) is 24.3 Å². The molecule has 146 valence electrons. The molecule has 0 saturated carbocycles. The van der Waals surface area contributed by atoms with E-state index in [4.69, 9.17) is 0 Å². The summed E-state index contributed by atoms with van der Waals surface area (Å²) in [6.45, 7) is 0.242. The summed E-state index contributed by atoms with van der Waals surface area (Å²) in [5.41, 5.74) is 2.12. The molecule has 2 amide bonds. The molecule has 0 aliphatic carbocycles. The maximum Gasteiger partial charge on any atom is 0.252 e. The van der Waals surface area contributed by atoms with Gasteiger partial charge in [-0.3, -0.25) is 14.4 Å². The second-order valence-corrected chi connectivity index (χ2v) is 6.34. The Morgan fingerprint density at radius 3 is 1.97 bits per heavy atom. The molecular formula is C23H19FN2O3. The van der Waals surface area contributed by atoms with Gasteiger partial charge >= 0.3 is 0 Å². The lowest BCUT2D eigenvalue weighted by Gasteiger charge is -2.10. The summed E-state index contributed by atoms with van der Waals surface area (Å²) < 4.78 is 13.1. The first-order valence-corrected chi connectivity index (χ1v) is 8.98. The zero-order valence-electron chi connectivity index (χ0n) is 15.7. The molecule has 2 N–H and O–H groups in total. The number of amides is 2. The highest BCUT2D eigenvalue weighted by Crippen LogP contribution is 2.16. The maximum atomic E-state index is 13.1. The van der Waals surface area contributed by atoms with E-state index in [-0.39, 0.29) is 29.4 Å². The number of benzene rings is 3. The Hall–Kier alpha value is -3.80. The quantitative estimate of drug-likeness (QED) is 0.634. The van der Waals surface area contributed by atoms with Crippen LogP contribution in [0.1, 0.15) is 42.2 Å². The largest absolute Gasteiger partial charge is 0.355 e. The van der Waals surface area contributed by atoms with Crippen LogP contribution in [0.5, 0.6) is 0 Å². The number of rotatable bonds is 6. The molecule has 0 spiro atoms. The topological polar surface area (TPSA) is 75.3 Å². The summed E-state index contributed by atoms with van der Waals surface area (Å²) >= 11 is 0. The van der Waals surface area contributed by atoms with Crippen LogP contribution in [-0.2, 0) is 6.54 Å². The summed E-state index contributed by atoms with van der Waals surface area (Å²) in [6.07, 6.45) is 0. The van der Waals surface area contributed by atoms with Crippen molar-refractivity contribution in [3.63, 3.8) is 0 Å². The molecule has 3 aromatic rings. The fourth-order valence-corrected chi connectivity index (χ4v) is 2.83. The van der Waals surface area contributed by atoms with Gasteiger partial charge in [-0.05, 0) is 48.0 Å². The van der Waals surface area contributed by atoms with Crippen LogP contribution in [0.4, 0.5) is 4.39 Å². The Morgan fingerprint density at radius 1 is 0.759 bits per heavy atom. The minimum absolute atomic E-state index is 0.186. The van der Waals surface area contributed by atoms with E-state index in [1.807, 2.05) is 0 Å². The summed E-state index contributed by atoms with van der Waals surface area (Å²) in [6, 6.07) is 18.5. The molecule has 5 nitrogen and oxygen atoms in total. The van der Waals surface area contributed by atoms with Gasteiger partial charge in [0, 0.05) is 30.3 Å². The Kier molecular flexibility index (Phi) is 6.14. The lowest BCUT2D eigenvalue weighted by Crippen LogP contribution is -2.25. The van der Waals surface area contributed by atoms with Gasteiger partial charge in [-0.15, -0.1) is 0 Å². The standard InChI is InChI=1S/C23H19FN2O3/c1-25-22(28)17-8-6-15(7-9-17)14-26-23(29)20-5-3-2-4-19(20)21(27)16-10-12-18(24)13-11-16/h2-13H,14H2,1H3,(H,25,28)(H,26,29). The molecule has 0 bridgehead atoms. The fraction of sp³-hybridized carbons (Fsp3) is 0.0870. The van der Waals surface area contributed by atoms with Gasteiger partial charge < -0.3 is 10.6 Å². The molecule has 0 heterocycles. The van der Waals surface area contributed by atoms with Crippen LogP contribution in [0.25, 0.3) is 0 Å². The second-order valence-electron chi connectivity index (χ2n) is 6.34. The smallest absolute Gasteiger partial charge is 0.252 e. The molecule has 0 aliphatic rings. The first kappa shape index (κ1) is 19.9. The van der Waals surface area contributed by atoms with Gasteiger partial charge in [0.2, 0.25) is 0 Å². The van der Waals surface area contributed by atoms with E-state index < -0.39 is 11.7 Å². The molecular weight excluding hydrogens is 371 g/mol. The first-order chi connectivity index (χ1) is 14.0. The average molecular weight is 390 g/mol. The van der Waals surface area contributed by atoms with Gasteiger partial charge in [0.25, 0.3) is 11.8 Å². The molecule has 0 aliphatic heterocycles. The van der Waals surface area contributed by atoms with Crippen molar-refractivity contribution >= 4 is 17.6 Å². The molecule has 29 heavy (non-hydrogen) atoms. The number of carbonyl (C=O) groups excluding carboxylic acids is 3. The Morgan fingerprint density at radius 2 is 1.34 bits per heavy atom. The van der Waals surface area contributed by atoms with Gasteiger partial charge in [0.1, 0.15) is 5.82 Å². The summed E-state index contributed by atoms with van der Waals surface area (Å²) in [5.74, 6) is -1.37. The highest BCUT2D eigenvalue weighted by molar-refractivity contribution is 6.15. The van der Waals surface area contributed by atoms with E-state index in [0.717, 1.165) is 5.56 Å². The highest BCUT2D eigenvalue weighted by Gasteiger charge is 2.18. The summed E-state index contributed by atoms with van der Waals surface area (Å²) in [7, 11) is 1.56. The number of carbonyl (C=O) groups is 3. The zero-order chi connectivity index (χ0) is 20.8. The van der Waals surface area contributed by atoms with Crippen molar-refractivity contribution in [3.05, 3.63) is 106 Å². The third-order valence-corrected chi connectivity index (χ3v) is 4.42. The van der Waals surface area contributed by atoms with Gasteiger partial charge in [0.05, 0.1) is 5.56 Å². The van der Waals surface area contributed by atoms with E-state index in [2.05, 4.69) is 10.6 Å². The minimum Gasteiger partial charge on any atom is -0.355 e. The Balaban J connectivity index is 1.74. The van der Waals surface area contributed by atoms with Crippen molar-refractivity contribution in [2.75, 3.05) is 7.05 Å². The van der Waals surface area contributed by atoms with Crippen LogP contribution in [0.15, 0.2) is 72.8 Å². The van der Waals surface area contributed by atoms with Crippen LogP contribution in [0, 0.1) is 5.82 Å². The van der Waals surface area contributed by atoms with Gasteiger partial charge in [-0.25, -0.2) is 4.39 Å². The first-order valence-electron chi connectivity index (χ1n) is 8.98. The van der Waals surface area contributed by atoms with Crippen molar-refractivity contribution in [1.29, 1.82) is 0 Å². The van der Waals surface area contributed by atoms with E-state index in [1.54, 1.807) is 55.6 Å². The summed E-state index contributed by atoms with van der Waals surface area (Å²) in [5, 5.41) is 5.33. The fourth-order valence-electron chi connectivity index (χ4n) is 2.83.